The van der Waals surface area contributed by atoms with Gasteiger partial charge in [-0.05, 0) is 11.6 Å². The van der Waals surface area contributed by atoms with E-state index in [4.69, 9.17) is 4.74 Å². The van der Waals surface area contributed by atoms with Crippen LogP contribution in [-0.2, 0) is 6.61 Å². The van der Waals surface area contributed by atoms with Gasteiger partial charge in [0.05, 0.1) is 0 Å². The minimum atomic E-state index is 0.546. The first-order valence-corrected chi connectivity index (χ1v) is 6.26. The molecule has 0 aliphatic carbocycles. The minimum absolute atomic E-state index is 0.546. The number of nitrogens with zero attached hydrogens (tertiary/aromatic N) is 1. The lowest BCUT2D eigenvalue weighted by Gasteiger charge is -2.28. The van der Waals surface area contributed by atoms with Crippen LogP contribution >= 0.6 is 0 Å². The van der Waals surface area contributed by atoms with Crippen LogP contribution in [0.2, 0.25) is 0 Å². The van der Waals surface area contributed by atoms with Crippen LogP contribution in [-0.4, -0.2) is 18.1 Å². The predicted molar refractivity (Wildman–Crippen MR) is 70.6 cm³/mol. The first kappa shape index (κ1) is 11.2. The van der Waals surface area contributed by atoms with Crippen LogP contribution in [0.25, 0.3) is 0 Å². The molecule has 2 heterocycles. The summed E-state index contributed by atoms with van der Waals surface area (Å²) in [4.78, 5) is 4.35. The van der Waals surface area contributed by atoms with Gasteiger partial charge in [-0.15, -0.1) is 0 Å². The fourth-order valence-electron chi connectivity index (χ4n) is 2.07. The number of rotatable bonds is 4. The molecule has 0 bridgehead atoms. The van der Waals surface area contributed by atoms with E-state index in [9.17, 15) is 0 Å². The molecule has 3 rings (SSSR count). The third-order valence-electron chi connectivity index (χ3n) is 3.24. The molecule has 0 radical (unpaired) electrons. The molecule has 18 heavy (non-hydrogen) atoms. The Morgan fingerprint density at radius 3 is 2.67 bits per heavy atom. The highest BCUT2D eigenvalue weighted by Gasteiger charge is 2.22. The number of ether oxygens (including phenoxy) is 1. The Kier molecular flexibility index (Phi) is 3.24. The van der Waals surface area contributed by atoms with Gasteiger partial charge in [0.25, 0.3) is 0 Å². The summed E-state index contributed by atoms with van der Waals surface area (Å²) < 4.78 is 5.84. The quantitative estimate of drug-likeness (QED) is 0.890. The molecule has 1 N–H and O–H groups in total. The maximum atomic E-state index is 5.84. The highest BCUT2D eigenvalue weighted by atomic mass is 16.5. The Bertz CT molecular complexity index is 509. The molecule has 3 nitrogen and oxygen atoms in total. The molecular weight excluding hydrogens is 224 g/mol. The van der Waals surface area contributed by atoms with E-state index in [1.165, 1.54) is 11.1 Å². The summed E-state index contributed by atoms with van der Waals surface area (Å²) in [5.41, 5.74) is 2.38. The van der Waals surface area contributed by atoms with Crippen LogP contribution in [0.1, 0.15) is 17.0 Å². The topological polar surface area (TPSA) is 34.1 Å². The molecule has 1 aliphatic rings. The molecule has 1 saturated heterocycles. The molecule has 92 valence electrons. The lowest BCUT2D eigenvalue weighted by Crippen LogP contribution is -2.40. The molecule has 0 atom stereocenters. The second kappa shape index (κ2) is 5.19. The van der Waals surface area contributed by atoms with Crippen molar-refractivity contribution in [3.8, 4) is 5.88 Å². The molecular formula is C15H16N2O. The van der Waals surface area contributed by atoms with Crippen molar-refractivity contribution in [1.29, 1.82) is 0 Å². The van der Waals surface area contributed by atoms with Crippen molar-refractivity contribution in [2.75, 3.05) is 13.1 Å². The van der Waals surface area contributed by atoms with Crippen molar-refractivity contribution in [3.05, 3.63) is 59.8 Å². The summed E-state index contributed by atoms with van der Waals surface area (Å²) in [7, 11) is 0. The average Bonchev–Trinajstić information content (AvgIpc) is 2.37. The van der Waals surface area contributed by atoms with E-state index in [-0.39, 0.29) is 0 Å². The molecule has 1 fully saturated rings. The zero-order valence-electron chi connectivity index (χ0n) is 10.2. The SMILES string of the molecule is c1ccc(COc2ncccc2C2CNC2)cc1. The van der Waals surface area contributed by atoms with E-state index in [1.807, 2.05) is 24.3 Å². The van der Waals surface area contributed by atoms with Crippen molar-refractivity contribution in [2.45, 2.75) is 12.5 Å². The van der Waals surface area contributed by atoms with Gasteiger partial charge in [-0.1, -0.05) is 36.4 Å². The summed E-state index contributed by atoms with van der Waals surface area (Å²) in [6.45, 7) is 2.62. The van der Waals surface area contributed by atoms with Crippen molar-refractivity contribution < 1.29 is 4.74 Å². The minimum Gasteiger partial charge on any atom is -0.473 e. The van der Waals surface area contributed by atoms with Crippen LogP contribution in [0, 0.1) is 0 Å². The van der Waals surface area contributed by atoms with Gasteiger partial charge in [-0.25, -0.2) is 4.98 Å². The zero-order valence-corrected chi connectivity index (χ0v) is 10.2. The van der Waals surface area contributed by atoms with Crippen molar-refractivity contribution in [3.63, 3.8) is 0 Å². The number of nitrogens with one attached hydrogen (secondary N) is 1. The summed E-state index contributed by atoms with van der Waals surface area (Å²) in [5, 5.41) is 3.28. The fourth-order valence-corrected chi connectivity index (χ4v) is 2.07. The van der Waals surface area contributed by atoms with Crippen molar-refractivity contribution in [2.24, 2.45) is 0 Å². The van der Waals surface area contributed by atoms with Crippen molar-refractivity contribution >= 4 is 0 Å². The summed E-state index contributed by atoms with van der Waals surface area (Å²) in [6.07, 6.45) is 1.79. The molecule has 1 aliphatic heterocycles. The number of benzene rings is 1. The van der Waals surface area contributed by atoms with Crippen LogP contribution < -0.4 is 10.1 Å². The Morgan fingerprint density at radius 1 is 1.11 bits per heavy atom. The van der Waals surface area contributed by atoms with E-state index in [0.717, 1.165) is 19.0 Å². The number of pyridine rings is 1. The maximum absolute atomic E-state index is 5.84. The predicted octanol–water partition coefficient (Wildman–Crippen LogP) is 2.35. The van der Waals surface area contributed by atoms with Crippen LogP contribution in [0.3, 0.4) is 0 Å². The van der Waals surface area contributed by atoms with Gasteiger partial charge in [0.1, 0.15) is 6.61 Å². The van der Waals surface area contributed by atoms with Gasteiger partial charge in [-0.2, -0.15) is 0 Å². The standard InChI is InChI=1S/C15H16N2O/c1-2-5-12(6-3-1)11-18-15-14(7-4-8-17-15)13-9-16-10-13/h1-8,13,16H,9-11H2. The average molecular weight is 240 g/mol. The first-order chi connectivity index (χ1) is 8.93. The monoisotopic (exact) mass is 240 g/mol. The van der Waals surface area contributed by atoms with Crippen LogP contribution in [0.4, 0.5) is 0 Å². The van der Waals surface area contributed by atoms with E-state index in [0.29, 0.717) is 12.5 Å². The van der Waals surface area contributed by atoms with Gasteiger partial charge >= 0.3 is 0 Å². The second-order valence-electron chi connectivity index (χ2n) is 4.53. The van der Waals surface area contributed by atoms with Crippen LogP contribution in [0.15, 0.2) is 48.7 Å². The third kappa shape index (κ3) is 2.36. The van der Waals surface area contributed by atoms with Gasteiger partial charge in [0, 0.05) is 30.8 Å². The Hall–Kier alpha value is -1.87. The van der Waals surface area contributed by atoms with Crippen molar-refractivity contribution in [1.82, 2.24) is 10.3 Å². The Morgan fingerprint density at radius 2 is 1.94 bits per heavy atom. The molecule has 0 saturated carbocycles. The fraction of sp³-hybridized carbons (Fsp3) is 0.267. The summed E-state index contributed by atoms with van der Waals surface area (Å²) >= 11 is 0. The molecule has 0 amide bonds. The Balaban J connectivity index is 1.72. The number of hydrogen-bond donors (Lipinski definition) is 1. The molecule has 0 spiro atoms. The van der Waals surface area contributed by atoms with Gasteiger partial charge in [0.15, 0.2) is 0 Å². The largest absolute Gasteiger partial charge is 0.473 e. The van der Waals surface area contributed by atoms with E-state index >= 15 is 0 Å². The molecule has 3 heteroatoms. The van der Waals surface area contributed by atoms with E-state index in [2.05, 4.69) is 28.5 Å². The van der Waals surface area contributed by atoms with Gasteiger partial charge in [0.2, 0.25) is 5.88 Å². The highest BCUT2D eigenvalue weighted by Crippen LogP contribution is 2.27. The zero-order chi connectivity index (χ0) is 12.2. The second-order valence-corrected chi connectivity index (χ2v) is 4.53. The summed E-state index contributed by atoms with van der Waals surface area (Å²) in [5.74, 6) is 1.32. The van der Waals surface area contributed by atoms with E-state index in [1.54, 1.807) is 6.20 Å². The number of hydrogen-bond acceptors (Lipinski definition) is 3. The third-order valence-corrected chi connectivity index (χ3v) is 3.24. The maximum Gasteiger partial charge on any atom is 0.217 e. The lowest BCUT2D eigenvalue weighted by molar-refractivity contribution is 0.284. The van der Waals surface area contributed by atoms with Crippen LogP contribution in [0.5, 0.6) is 5.88 Å². The normalized spacial score (nSPS) is 15.1. The smallest absolute Gasteiger partial charge is 0.217 e. The molecule has 1 aromatic heterocycles. The molecule has 1 aromatic carbocycles. The first-order valence-electron chi connectivity index (χ1n) is 6.26. The lowest BCUT2D eigenvalue weighted by atomic mass is 9.95. The van der Waals surface area contributed by atoms with E-state index < -0.39 is 0 Å². The van der Waals surface area contributed by atoms with Gasteiger partial charge in [-0.3, -0.25) is 0 Å². The molecule has 0 unspecified atom stereocenters. The van der Waals surface area contributed by atoms with Gasteiger partial charge < -0.3 is 10.1 Å². The highest BCUT2D eigenvalue weighted by molar-refractivity contribution is 5.32. The summed E-state index contributed by atoms with van der Waals surface area (Å²) in [6, 6.07) is 14.3. The molecule has 2 aromatic rings. The Labute approximate surface area is 107 Å². The number of aromatic nitrogens is 1.